The fourth-order valence-corrected chi connectivity index (χ4v) is 7.54. The highest BCUT2D eigenvalue weighted by Crippen LogP contribution is 2.42. The van der Waals surface area contributed by atoms with Gasteiger partial charge in [-0.1, -0.05) is 121 Å². The first-order chi connectivity index (χ1) is 24.3. The first-order valence-electron chi connectivity index (χ1n) is 17.4. The van der Waals surface area contributed by atoms with Crippen LogP contribution < -0.4 is 10.4 Å². The molecule has 0 amide bonds. The Kier molecular flexibility index (Phi) is 7.10. The molecule has 8 aromatic carbocycles. The lowest BCUT2D eigenvalue weighted by Gasteiger charge is -2.32. The van der Waals surface area contributed by atoms with Crippen LogP contribution in [0.1, 0.15) is 27.7 Å². The molecule has 1 heterocycles. The molecule has 1 aliphatic heterocycles. The maximum atomic E-state index is 6.66. The van der Waals surface area contributed by atoms with Gasteiger partial charge in [0.1, 0.15) is 0 Å². The van der Waals surface area contributed by atoms with E-state index in [4.69, 9.17) is 9.31 Å². The van der Waals surface area contributed by atoms with Gasteiger partial charge in [0.25, 0.3) is 0 Å². The highest BCUT2D eigenvalue weighted by Gasteiger charge is 2.52. The van der Waals surface area contributed by atoms with E-state index in [1.54, 1.807) is 0 Å². The Morgan fingerprint density at radius 2 is 0.820 bits per heavy atom. The Labute approximate surface area is 293 Å². The van der Waals surface area contributed by atoms with Crippen molar-refractivity contribution in [3.8, 4) is 11.1 Å². The maximum Gasteiger partial charge on any atom is 0.496 e. The zero-order valence-electron chi connectivity index (χ0n) is 28.9. The molecule has 1 fully saturated rings. The Balaban J connectivity index is 1.21. The van der Waals surface area contributed by atoms with Crippen molar-refractivity contribution in [2.24, 2.45) is 0 Å². The quantitative estimate of drug-likeness (QED) is 0.137. The van der Waals surface area contributed by atoms with Crippen molar-refractivity contribution in [1.82, 2.24) is 0 Å². The predicted molar refractivity (Wildman–Crippen MR) is 212 cm³/mol. The third kappa shape index (κ3) is 4.98. The van der Waals surface area contributed by atoms with Crippen LogP contribution in [0.2, 0.25) is 0 Å². The summed E-state index contributed by atoms with van der Waals surface area (Å²) in [7, 11) is -0.469. The largest absolute Gasteiger partial charge is 0.496 e. The van der Waals surface area contributed by atoms with Gasteiger partial charge in [-0.15, -0.1) is 0 Å². The van der Waals surface area contributed by atoms with Gasteiger partial charge in [0, 0.05) is 17.1 Å². The zero-order chi connectivity index (χ0) is 34.0. The molecule has 0 aliphatic carbocycles. The molecule has 9 rings (SSSR count). The summed E-state index contributed by atoms with van der Waals surface area (Å²) in [5.41, 5.74) is 5.94. The van der Waals surface area contributed by atoms with Gasteiger partial charge in [-0.25, -0.2) is 0 Å². The van der Waals surface area contributed by atoms with E-state index in [9.17, 15) is 0 Å². The number of rotatable bonds is 5. The van der Waals surface area contributed by atoms with Crippen LogP contribution in [-0.2, 0) is 9.31 Å². The fourth-order valence-electron chi connectivity index (χ4n) is 7.54. The smallest absolute Gasteiger partial charge is 0.399 e. The molecule has 242 valence electrons. The second-order valence-corrected chi connectivity index (χ2v) is 14.4. The number of fused-ring (bicyclic) bond motifs is 4. The minimum Gasteiger partial charge on any atom is -0.399 e. The van der Waals surface area contributed by atoms with Gasteiger partial charge in [-0.05, 0) is 124 Å². The molecule has 50 heavy (non-hydrogen) atoms. The van der Waals surface area contributed by atoms with Gasteiger partial charge < -0.3 is 14.2 Å². The predicted octanol–water partition coefficient (Wildman–Crippen LogP) is 11.7. The summed E-state index contributed by atoms with van der Waals surface area (Å²) in [5, 5.41) is 9.56. The standard InChI is InChI=1S/C46H38BNO2/c1-45(2)46(3,4)50-47(49-45)44-41-19-11-9-17-39(41)43(40-18-10-12-20-42(40)44)33-23-25-36(26-24-33)48(37-27-21-31-13-5-7-15-34(31)29-37)38-28-22-32-14-6-8-16-35(32)30-38/h5-30H,1-4H3. The van der Waals surface area contributed by atoms with E-state index in [1.165, 1.54) is 43.4 Å². The minimum absolute atomic E-state index is 0.434. The summed E-state index contributed by atoms with van der Waals surface area (Å²) < 4.78 is 13.3. The molecule has 8 aromatic rings. The van der Waals surface area contributed by atoms with Gasteiger partial charge in [-0.2, -0.15) is 0 Å². The Morgan fingerprint density at radius 3 is 1.30 bits per heavy atom. The van der Waals surface area contributed by atoms with Crippen LogP contribution in [0.3, 0.4) is 0 Å². The van der Waals surface area contributed by atoms with Crippen molar-refractivity contribution in [2.45, 2.75) is 38.9 Å². The lowest BCUT2D eigenvalue weighted by Crippen LogP contribution is -2.41. The molecular formula is C46H38BNO2. The first-order valence-corrected chi connectivity index (χ1v) is 17.4. The minimum atomic E-state index is -0.469. The van der Waals surface area contributed by atoms with Crippen LogP contribution in [-0.4, -0.2) is 18.3 Å². The van der Waals surface area contributed by atoms with Gasteiger partial charge in [0.2, 0.25) is 0 Å². The van der Waals surface area contributed by atoms with Crippen LogP contribution in [0.4, 0.5) is 17.1 Å². The van der Waals surface area contributed by atoms with E-state index in [2.05, 4.69) is 190 Å². The molecule has 1 aliphatic rings. The summed E-state index contributed by atoms with van der Waals surface area (Å²) in [6.07, 6.45) is 0. The van der Waals surface area contributed by atoms with Crippen molar-refractivity contribution in [1.29, 1.82) is 0 Å². The molecule has 0 spiro atoms. The second-order valence-electron chi connectivity index (χ2n) is 14.4. The SMILES string of the molecule is CC1(C)OB(c2c3ccccc3c(-c3ccc(N(c4ccc5ccccc5c4)c4ccc5ccccc5c4)cc3)c3ccccc23)OC1(C)C. The zero-order valence-corrected chi connectivity index (χ0v) is 28.9. The van der Waals surface area contributed by atoms with Crippen molar-refractivity contribution < 1.29 is 9.31 Å². The number of hydrogen-bond donors (Lipinski definition) is 0. The summed E-state index contributed by atoms with van der Waals surface area (Å²) in [6.45, 7) is 8.47. The average Bonchev–Trinajstić information content (AvgIpc) is 3.36. The number of nitrogens with zero attached hydrogens (tertiary/aromatic N) is 1. The summed E-state index contributed by atoms with van der Waals surface area (Å²) in [4.78, 5) is 2.36. The molecule has 4 heteroatoms. The molecule has 0 bridgehead atoms. The van der Waals surface area contributed by atoms with Gasteiger partial charge in [0.05, 0.1) is 11.2 Å². The van der Waals surface area contributed by atoms with Crippen LogP contribution in [0.5, 0.6) is 0 Å². The topological polar surface area (TPSA) is 21.7 Å². The Bertz CT molecular complexity index is 2420. The number of hydrogen-bond acceptors (Lipinski definition) is 3. The summed E-state index contributed by atoms with van der Waals surface area (Å²) in [6, 6.07) is 57.0. The van der Waals surface area contributed by atoms with E-state index in [0.29, 0.717) is 0 Å². The van der Waals surface area contributed by atoms with Crippen LogP contribution in [0.25, 0.3) is 54.2 Å². The summed E-state index contributed by atoms with van der Waals surface area (Å²) in [5.74, 6) is 0. The van der Waals surface area contributed by atoms with Crippen molar-refractivity contribution >= 4 is 72.7 Å². The normalized spacial score (nSPS) is 15.3. The molecule has 3 nitrogen and oxygen atoms in total. The molecule has 0 N–H and O–H groups in total. The third-order valence-electron chi connectivity index (χ3n) is 10.9. The van der Waals surface area contributed by atoms with E-state index in [0.717, 1.165) is 33.3 Å². The maximum absolute atomic E-state index is 6.66. The van der Waals surface area contributed by atoms with Crippen molar-refractivity contribution in [2.75, 3.05) is 4.90 Å². The van der Waals surface area contributed by atoms with Gasteiger partial charge in [-0.3, -0.25) is 0 Å². The monoisotopic (exact) mass is 647 g/mol. The van der Waals surface area contributed by atoms with E-state index < -0.39 is 18.3 Å². The molecule has 1 saturated heterocycles. The Morgan fingerprint density at radius 1 is 0.420 bits per heavy atom. The lowest BCUT2D eigenvalue weighted by atomic mass is 9.71. The van der Waals surface area contributed by atoms with Crippen LogP contribution >= 0.6 is 0 Å². The lowest BCUT2D eigenvalue weighted by molar-refractivity contribution is 0.00578. The number of anilines is 3. The molecule has 0 unspecified atom stereocenters. The molecule has 0 radical (unpaired) electrons. The second kappa shape index (κ2) is 11.6. The molecule has 0 atom stereocenters. The number of benzene rings is 8. The third-order valence-corrected chi connectivity index (χ3v) is 10.9. The van der Waals surface area contributed by atoms with E-state index >= 15 is 0 Å². The van der Waals surface area contributed by atoms with Gasteiger partial charge >= 0.3 is 7.12 Å². The average molecular weight is 648 g/mol. The van der Waals surface area contributed by atoms with Crippen molar-refractivity contribution in [3.05, 3.63) is 158 Å². The van der Waals surface area contributed by atoms with E-state index in [1.807, 2.05) is 0 Å². The molecular weight excluding hydrogens is 609 g/mol. The highest BCUT2D eigenvalue weighted by molar-refractivity contribution is 6.69. The molecule has 0 saturated carbocycles. The van der Waals surface area contributed by atoms with E-state index in [-0.39, 0.29) is 0 Å². The van der Waals surface area contributed by atoms with Crippen molar-refractivity contribution in [3.63, 3.8) is 0 Å². The molecule has 0 aromatic heterocycles. The van der Waals surface area contributed by atoms with Crippen LogP contribution in [0.15, 0.2) is 158 Å². The van der Waals surface area contributed by atoms with Gasteiger partial charge in [0.15, 0.2) is 0 Å². The highest BCUT2D eigenvalue weighted by atomic mass is 16.7. The fraction of sp³-hybridized carbons (Fsp3) is 0.130. The van der Waals surface area contributed by atoms with Crippen LogP contribution in [0, 0.1) is 0 Å². The Hall–Kier alpha value is -5.42. The summed E-state index contributed by atoms with van der Waals surface area (Å²) >= 11 is 0. The first kappa shape index (κ1) is 30.6.